The van der Waals surface area contributed by atoms with E-state index in [0.29, 0.717) is 32.1 Å². The molecule has 0 radical (unpaired) electrons. The van der Waals surface area contributed by atoms with E-state index < -0.39 is 12.0 Å². The molecule has 0 aliphatic carbocycles. The molecule has 0 aliphatic heterocycles. The number of aliphatic carboxylic acids is 1. The van der Waals surface area contributed by atoms with Crippen LogP contribution in [0.5, 0.6) is 0 Å². The maximum atomic E-state index is 11.4. The van der Waals surface area contributed by atoms with Crippen LogP contribution < -0.4 is 5.32 Å². The standard InChI is InChI=1S/C12H20N2O3/c1-9(2)8-11(15)14-10(12(16)17)6-4-3-5-7-13/h9-10H,3-6,8H2,1-2H3,(H,14,15)(H,16,17)/t10-/m0/s1. The number of nitriles is 1. The Labute approximate surface area is 102 Å². The summed E-state index contributed by atoms with van der Waals surface area (Å²) < 4.78 is 0. The Kier molecular flexibility index (Phi) is 7.78. The summed E-state index contributed by atoms with van der Waals surface area (Å²) in [4.78, 5) is 22.3. The molecule has 1 amide bonds. The van der Waals surface area contributed by atoms with Crippen LogP contribution in [0.1, 0.15) is 46.0 Å². The molecule has 0 aromatic rings. The Bertz CT molecular complexity index is 295. The number of hydrogen-bond acceptors (Lipinski definition) is 3. The number of amides is 1. The summed E-state index contributed by atoms with van der Waals surface area (Å²) >= 11 is 0. The Balaban J connectivity index is 4.03. The Hall–Kier alpha value is -1.57. The minimum atomic E-state index is -1.01. The van der Waals surface area contributed by atoms with Crippen LogP contribution in [0, 0.1) is 17.2 Å². The highest BCUT2D eigenvalue weighted by molar-refractivity contribution is 5.83. The minimum absolute atomic E-state index is 0.211. The number of hydrogen-bond donors (Lipinski definition) is 2. The maximum absolute atomic E-state index is 11.4. The number of nitrogens with zero attached hydrogens (tertiary/aromatic N) is 1. The second kappa shape index (κ2) is 8.57. The van der Waals surface area contributed by atoms with Crippen LogP contribution in [0.25, 0.3) is 0 Å². The van der Waals surface area contributed by atoms with Gasteiger partial charge in [-0.3, -0.25) is 4.79 Å². The first-order chi connectivity index (χ1) is 7.97. The molecule has 0 heterocycles. The second-order valence-corrected chi connectivity index (χ2v) is 4.46. The van der Waals surface area contributed by atoms with Gasteiger partial charge in [0.25, 0.3) is 0 Å². The van der Waals surface area contributed by atoms with E-state index in [4.69, 9.17) is 10.4 Å². The first-order valence-electron chi connectivity index (χ1n) is 5.86. The largest absolute Gasteiger partial charge is 0.480 e. The van der Waals surface area contributed by atoms with Gasteiger partial charge in [-0.2, -0.15) is 5.26 Å². The summed E-state index contributed by atoms with van der Waals surface area (Å²) in [6, 6.07) is 1.17. The van der Waals surface area contributed by atoms with Gasteiger partial charge in [-0.1, -0.05) is 13.8 Å². The summed E-state index contributed by atoms with van der Waals surface area (Å²) in [5.74, 6) is -1.03. The van der Waals surface area contributed by atoms with Gasteiger partial charge in [0, 0.05) is 12.8 Å². The first-order valence-corrected chi connectivity index (χ1v) is 5.86. The molecule has 96 valence electrons. The van der Waals surface area contributed by atoms with Crippen molar-refractivity contribution >= 4 is 11.9 Å². The fourth-order valence-corrected chi connectivity index (χ4v) is 1.43. The number of carboxylic acids is 1. The number of nitrogens with one attached hydrogen (secondary N) is 1. The van der Waals surface area contributed by atoms with Crippen molar-refractivity contribution in [3.63, 3.8) is 0 Å². The molecule has 0 spiro atoms. The predicted octanol–water partition coefficient (Wildman–Crippen LogP) is 1.69. The molecule has 5 heteroatoms. The molecule has 0 unspecified atom stereocenters. The van der Waals surface area contributed by atoms with Crippen molar-refractivity contribution < 1.29 is 14.7 Å². The highest BCUT2D eigenvalue weighted by atomic mass is 16.4. The zero-order valence-corrected chi connectivity index (χ0v) is 10.4. The summed E-state index contributed by atoms with van der Waals surface area (Å²) in [5, 5.41) is 19.8. The van der Waals surface area contributed by atoms with Crippen LogP contribution >= 0.6 is 0 Å². The Morgan fingerprint density at radius 1 is 1.35 bits per heavy atom. The molecule has 0 aromatic carbocycles. The van der Waals surface area contributed by atoms with Gasteiger partial charge in [0.1, 0.15) is 6.04 Å². The quantitative estimate of drug-likeness (QED) is 0.632. The molecule has 0 saturated heterocycles. The molecule has 0 fully saturated rings. The average Bonchev–Trinajstić information content (AvgIpc) is 2.21. The molecule has 0 aromatic heterocycles. The molecule has 17 heavy (non-hydrogen) atoms. The lowest BCUT2D eigenvalue weighted by atomic mass is 10.1. The van der Waals surface area contributed by atoms with Gasteiger partial charge in [0.2, 0.25) is 5.91 Å². The van der Waals surface area contributed by atoms with Gasteiger partial charge >= 0.3 is 5.97 Å². The van der Waals surface area contributed by atoms with Crippen LogP contribution in [-0.4, -0.2) is 23.0 Å². The highest BCUT2D eigenvalue weighted by Gasteiger charge is 2.19. The van der Waals surface area contributed by atoms with E-state index in [-0.39, 0.29) is 11.8 Å². The zero-order chi connectivity index (χ0) is 13.3. The molecule has 0 saturated carbocycles. The van der Waals surface area contributed by atoms with Gasteiger partial charge in [0.05, 0.1) is 6.07 Å². The number of carbonyl (C=O) groups excluding carboxylic acids is 1. The number of carboxylic acid groups (broad SMARTS) is 1. The summed E-state index contributed by atoms with van der Waals surface area (Å²) in [7, 11) is 0. The van der Waals surface area contributed by atoms with Gasteiger partial charge in [-0.25, -0.2) is 4.79 Å². The van der Waals surface area contributed by atoms with Gasteiger partial charge in [-0.05, 0) is 25.2 Å². The molecule has 0 rings (SSSR count). The van der Waals surface area contributed by atoms with Gasteiger partial charge in [-0.15, -0.1) is 0 Å². The first kappa shape index (κ1) is 15.4. The van der Waals surface area contributed by atoms with Crippen LogP contribution in [0.3, 0.4) is 0 Å². The Morgan fingerprint density at radius 3 is 2.47 bits per heavy atom. The Morgan fingerprint density at radius 2 is 2.00 bits per heavy atom. The van der Waals surface area contributed by atoms with Gasteiger partial charge in [0.15, 0.2) is 0 Å². The topological polar surface area (TPSA) is 90.2 Å². The van der Waals surface area contributed by atoms with Crippen LogP contribution in [0.2, 0.25) is 0 Å². The van der Waals surface area contributed by atoms with E-state index in [2.05, 4.69) is 5.32 Å². The molecular formula is C12H20N2O3. The number of unbranched alkanes of at least 4 members (excludes halogenated alkanes) is 2. The molecule has 5 nitrogen and oxygen atoms in total. The van der Waals surface area contributed by atoms with Crippen molar-refractivity contribution in [3.05, 3.63) is 0 Å². The number of carbonyl (C=O) groups is 2. The van der Waals surface area contributed by atoms with E-state index in [1.807, 2.05) is 19.9 Å². The second-order valence-electron chi connectivity index (χ2n) is 4.46. The van der Waals surface area contributed by atoms with Crippen LogP contribution in [0.15, 0.2) is 0 Å². The predicted molar refractivity (Wildman–Crippen MR) is 63.1 cm³/mol. The number of rotatable bonds is 8. The van der Waals surface area contributed by atoms with Crippen molar-refractivity contribution in [2.75, 3.05) is 0 Å². The van der Waals surface area contributed by atoms with Crippen molar-refractivity contribution in [3.8, 4) is 6.07 Å². The van der Waals surface area contributed by atoms with E-state index in [9.17, 15) is 9.59 Å². The molecular weight excluding hydrogens is 220 g/mol. The van der Waals surface area contributed by atoms with Crippen molar-refractivity contribution in [1.82, 2.24) is 5.32 Å². The summed E-state index contributed by atoms with van der Waals surface area (Å²) in [6.07, 6.45) is 2.43. The lowest BCUT2D eigenvalue weighted by molar-refractivity contribution is -0.142. The fourth-order valence-electron chi connectivity index (χ4n) is 1.43. The van der Waals surface area contributed by atoms with Gasteiger partial charge < -0.3 is 10.4 Å². The summed E-state index contributed by atoms with van der Waals surface area (Å²) in [5.41, 5.74) is 0. The lowest BCUT2D eigenvalue weighted by Crippen LogP contribution is -2.41. The zero-order valence-electron chi connectivity index (χ0n) is 10.4. The lowest BCUT2D eigenvalue weighted by Gasteiger charge is -2.14. The van der Waals surface area contributed by atoms with Crippen molar-refractivity contribution in [2.45, 2.75) is 52.0 Å². The molecule has 2 N–H and O–H groups in total. The molecule has 1 atom stereocenters. The normalized spacial score (nSPS) is 11.9. The SMILES string of the molecule is CC(C)CC(=O)N[C@@H](CCCCC#N)C(=O)O. The maximum Gasteiger partial charge on any atom is 0.326 e. The molecule has 0 aliphatic rings. The highest BCUT2D eigenvalue weighted by Crippen LogP contribution is 2.05. The monoisotopic (exact) mass is 240 g/mol. The average molecular weight is 240 g/mol. The van der Waals surface area contributed by atoms with Crippen molar-refractivity contribution in [2.24, 2.45) is 5.92 Å². The minimum Gasteiger partial charge on any atom is -0.480 e. The summed E-state index contributed by atoms with van der Waals surface area (Å²) in [6.45, 7) is 3.81. The van der Waals surface area contributed by atoms with Crippen molar-refractivity contribution in [1.29, 1.82) is 5.26 Å². The molecule has 0 bridgehead atoms. The smallest absolute Gasteiger partial charge is 0.326 e. The third-order valence-electron chi connectivity index (χ3n) is 2.26. The van der Waals surface area contributed by atoms with Crippen LogP contribution in [0.4, 0.5) is 0 Å². The van der Waals surface area contributed by atoms with E-state index >= 15 is 0 Å². The van der Waals surface area contributed by atoms with Crippen LogP contribution in [-0.2, 0) is 9.59 Å². The van der Waals surface area contributed by atoms with E-state index in [1.54, 1.807) is 0 Å². The third-order valence-corrected chi connectivity index (χ3v) is 2.26. The van der Waals surface area contributed by atoms with E-state index in [0.717, 1.165) is 0 Å². The third kappa shape index (κ3) is 8.26. The van der Waals surface area contributed by atoms with E-state index in [1.165, 1.54) is 0 Å². The fraction of sp³-hybridized carbons (Fsp3) is 0.750.